The van der Waals surface area contributed by atoms with E-state index in [0.717, 1.165) is 13.0 Å². The zero-order chi connectivity index (χ0) is 14.6. The first-order chi connectivity index (χ1) is 9.58. The van der Waals surface area contributed by atoms with Crippen LogP contribution in [0.15, 0.2) is 12.1 Å². The maximum absolute atomic E-state index is 10.9. The van der Waals surface area contributed by atoms with Crippen molar-refractivity contribution in [2.45, 2.75) is 39.0 Å². The van der Waals surface area contributed by atoms with E-state index in [4.69, 9.17) is 0 Å². The van der Waals surface area contributed by atoms with Crippen molar-refractivity contribution in [3.63, 3.8) is 0 Å². The van der Waals surface area contributed by atoms with Gasteiger partial charge in [0.15, 0.2) is 0 Å². The summed E-state index contributed by atoms with van der Waals surface area (Å²) >= 11 is 0. The molecule has 1 aliphatic rings. The molecule has 1 heterocycles. The molecule has 6 nitrogen and oxygen atoms in total. The van der Waals surface area contributed by atoms with Crippen molar-refractivity contribution in [3.8, 4) is 0 Å². The Balaban J connectivity index is 2.12. The number of hydrogen-bond acceptors (Lipinski definition) is 5. The van der Waals surface area contributed by atoms with Crippen LogP contribution in [-0.2, 0) is 0 Å². The molecule has 1 aromatic heterocycles. The lowest BCUT2D eigenvalue weighted by molar-refractivity contribution is -0.384. The molecule has 0 aliphatic heterocycles. The minimum absolute atomic E-state index is 0.0591. The van der Waals surface area contributed by atoms with Crippen molar-refractivity contribution in [1.82, 2.24) is 4.98 Å². The Labute approximate surface area is 119 Å². The normalized spacial score (nSPS) is 16.9. The van der Waals surface area contributed by atoms with E-state index in [1.165, 1.54) is 37.8 Å². The van der Waals surface area contributed by atoms with Crippen LogP contribution in [0.5, 0.6) is 0 Å². The highest BCUT2D eigenvalue weighted by molar-refractivity contribution is 5.54. The smallest absolute Gasteiger partial charge is 0.276 e. The third-order valence-corrected chi connectivity index (χ3v) is 4.34. The SMILES string of the molecule is CCC1(CNc2cc([N+](=O)[O-])cc(NC)n2)CCCC1. The monoisotopic (exact) mass is 278 g/mol. The highest BCUT2D eigenvalue weighted by atomic mass is 16.6. The molecule has 0 spiro atoms. The zero-order valence-electron chi connectivity index (χ0n) is 12.1. The number of anilines is 2. The molecule has 0 amide bonds. The Hall–Kier alpha value is -1.85. The van der Waals surface area contributed by atoms with Crippen LogP contribution < -0.4 is 10.6 Å². The van der Waals surface area contributed by atoms with E-state index >= 15 is 0 Å². The van der Waals surface area contributed by atoms with E-state index in [9.17, 15) is 10.1 Å². The molecule has 0 unspecified atom stereocenters. The highest BCUT2D eigenvalue weighted by Crippen LogP contribution is 2.41. The fourth-order valence-electron chi connectivity index (χ4n) is 2.90. The van der Waals surface area contributed by atoms with Gasteiger partial charge in [-0.05, 0) is 24.7 Å². The third-order valence-electron chi connectivity index (χ3n) is 4.34. The Morgan fingerprint density at radius 2 is 2.00 bits per heavy atom. The van der Waals surface area contributed by atoms with E-state index in [-0.39, 0.29) is 5.69 Å². The zero-order valence-corrected chi connectivity index (χ0v) is 12.1. The van der Waals surface area contributed by atoms with E-state index in [1.807, 2.05) is 0 Å². The van der Waals surface area contributed by atoms with Gasteiger partial charge in [-0.2, -0.15) is 0 Å². The molecule has 1 fully saturated rings. The maximum atomic E-state index is 10.9. The minimum atomic E-state index is -0.390. The number of pyridine rings is 1. The lowest BCUT2D eigenvalue weighted by atomic mass is 9.83. The first-order valence-corrected chi connectivity index (χ1v) is 7.17. The molecular weight excluding hydrogens is 256 g/mol. The number of nitrogens with one attached hydrogen (secondary N) is 2. The first-order valence-electron chi connectivity index (χ1n) is 7.17. The fourth-order valence-corrected chi connectivity index (χ4v) is 2.90. The molecule has 20 heavy (non-hydrogen) atoms. The summed E-state index contributed by atoms with van der Waals surface area (Å²) < 4.78 is 0. The van der Waals surface area contributed by atoms with Crippen LogP contribution in [0.4, 0.5) is 17.3 Å². The number of aromatic nitrogens is 1. The second-order valence-corrected chi connectivity index (χ2v) is 5.52. The number of hydrogen-bond donors (Lipinski definition) is 2. The molecule has 2 rings (SSSR count). The molecule has 6 heteroatoms. The van der Waals surface area contributed by atoms with Gasteiger partial charge < -0.3 is 10.6 Å². The van der Waals surface area contributed by atoms with E-state index in [1.54, 1.807) is 7.05 Å². The van der Waals surface area contributed by atoms with Crippen molar-refractivity contribution in [2.24, 2.45) is 5.41 Å². The van der Waals surface area contributed by atoms with Gasteiger partial charge in [-0.3, -0.25) is 10.1 Å². The van der Waals surface area contributed by atoms with Crippen molar-refractivity contribution >= 4 is 17.3 Å². The largest absolute Gasteiger partial charge is 0.373 e. The summed E-state index contributed by atoms with van der Waals surface area (Å²) in [5.41, 5.74) is 0.385. The predicted octanol–water partition coefficient (Wildman–Crippen LogP) is 3.41. The standard InChI is InChI=1S/C14H22N4O2/c1-3-14(6-4-5-7-14)10-16-13-9-11(18(19)20)8-12(15-2)17-13/h8-9H,3-7,10H2,1-2H3,(H2,15,16,17). The Morgan fingerprint density at radius 3 is 2.55 bits per heavy atom. The molecule has 2 N–H and O–H groups in total. The van der Waals surface area contributed by atoms with Crippen LogP contribution in [0.2, 0.25) is 0 Å². The Kier molecular flexibility index (Phi) is 4.42. The van der Waals surface area contributed by atoms with Gasteiger partial charge in [-0.1, -0.05) is 19.8 Å². The Morgan fingerprint density at radius 1 is 1.35 bits per heavy atom. The second-order valence-electron chi connectivity index (χ2n) is 5.52. The summed E-state index contributed by atoms with van der Waals surface area (Å²) in [5, 5.41) is 17.1. The molecule has 110 valence electrons. The molecule has 0 radical (unpaired) electrons. The van der Waals surface area contributed by atoms with E-state index < -0.39 is 4.92 Å². The second kappa shape index (κ2) is 6.07. The Bertz CT molecular complexity index is 484. The third kappa shape index (κ3) is 3.18. The lowest BCUT2D eigenvalue weighted by Gasteiger charge is -2.27. The predicted molar refractivity (Wildman–Crippen MR) is 80.1 cm³/mol. The van der Waals surface area contributed by atoms with E-state index in [2.05, 4.69) is 22.5 Å². The van der Waals surface area contributed by atoms with Crippen molar-refractivity contribution in [3.05, 3.63) is 22.2 Å². The van der Waals surface area contributed by atoms with Crippen LogP contribution in [0, 0.1) is 15.5 Å². The molecule has 0 atom stereocenters. The van der Waals surface area contributed by atoms with Gasteiger partial charge in [-0.25, -0.2) is 4.98 Å². The molecule has 0 bridgehead atoms. The molecule has 1 aromatic rings. The maximum Gasteiger partial charge on any atom is 0.276 e. The topological polar surface area (TPSA) is 80.1 Å². The summed E-state index contributed by atoms with van der Waals surface area (Å²) in [6.07, 6.45) is 6.14. The van der Waals surface area contributed by atoms with Gasteiger partial charge in [0.05, 0.1) is 17.1 Å². The summed E-state index contributed by atoms with van der Waals surface area (Å²) in [4.78, 5) is 14.9. The molecule has 0 saturated heterocycles. The van der Waals surface area contributed by atoms with Crippen LogP contribution in [-0.4, -0.2) is 23.5 Å². The number of nitrogens with zero attached hydrogens (tertiary/aromatic N) is 2. The van der Waals surface area contributed by atoms with Crippen molar-refractivity contribution in [1.29, 1.82) is 0 Å². The number of nitro groups is 1. The van der Waals surface area contributed by atoms with Gasteiger partial charge >= 0.3 is 0 Å². The number of rotatable bonds is 6. The summed E-state index contributed by atoms with van der Waals surface area (Å²) in [6.45, 7) is 3.05. The molecular formula is C14H22N4O2. The van der Waals surface area contributed by atoms with Gasteiger partial charge in [0.25, 0.3) is 5.69 Å². The summed E-state index contributed by atoms with van der Waals surface area (Å²) in [5.74, 6) is 1.09. The average molecular weight is 278 g/mol. The van der Waals surface area contributed by atoms with Gasteiger partial charge in [-0.15, -0.1) is 0 Å². The highest BCUT2D eigenvalue weighted by Gasteiger charge is 2.31. The summed E-state index contributed by atoms with van der Waals surface area (Å²) in [7, 11) is 1.71. The fraction of sp³-hybridized carbons (Fsp3) is 0.643. The average Bonchev–Trinajstić information content (AvgIpc) is 2.94. The molecule has 1 aliphatic carbocycles. The van der Waals surface area contributed by atoms with Gasteiger partial charge in [0, 0.05) is 13.6 Å². The van der Waals surface area contributed by atoms with Crippen LogP contribution >= 0.6 is 0 Å². The minimum Gasteiger partial charge on any atom is -0.373 e. The van der Waals surface area contributed by atoms with Crippen LogP contribution in [0.25, 0.3) is 0 Å². The first kappa shape index (κ1) is 14.6. The quantitative estimate of drug-likeness (QED) is 0.615. The lowest BCUT2D eigenvalue weighted by Crippen LogP contribution is -2.26. The van der Waals surface area contributed by atoms with Gasteiger partial charge in [0.1, 0.15) is 11.6 Å². The summed E-state index contributed by atoms with van der Waals surface area (Å²) in [6, 6.07) is 2.94. The van der Waals surface area contributed by atoms with Crippen LogP contribution in [0.1, 0.15) is 39.0 Å². The van der Waals surface area contributed by atoms with Crippen LogP contribution in [0.3, 0.4) is 0 Å². The van der Waals surface area contributed by atoms with E-state index in [0.29, 0.717) is 17.1 Å². The molecule has 0 aromatic carbocycles. The van der Waals surface area contributed by atoms with Crippen molar-refractivity contribution in [2.75, 3.05) is 24.2 Å². The molecule has 1 saturated carbocycles. The van der Waals surface area contributed by atoms with Crippen molar-refractivity contribution < 1.29 is 4.92 Å². The van der Waals surface area contributed by atoms with Gasteiger partial charge in [0.2, 0.25) is 0 Å².